The first-order valence-corrected chi connectivity index (χ1v) is 22.2. The fraction of sp³-hybridized carbons (Fsp3) is 0.0638. The second-order valence-corrected chi connectivity index (χ2v) is 17.7. The lowest BCUT2D eigenvalue weighted by Gasteiger charge is -2.11. The number of carbonyl (C=O) groups is 2. The molecular formula is C47H36N2O10S2. The highest BCUT2D eigenvalue weighted by atomic mass is 32.2. The maximum absolute atomic E-state index is 12.1. The third-order valence-electron chi connectivity index (χ3n) is 9.41. The average molecular weight is 853 g/mol. The molecule has 0 aliphatic heterocycles. The number of carboxylic acid groups (broad SMARTS) is 1. The lowest BCUT2D eigenvalue weighted by molar-refractivity contribution is 0.0601. The van der Waals surface area contributed by atoms with Crippen molar-refractivity contribution in [2.75, 3.05) is 19.6 Å². The van der Waals surface area contributed by atoms with E-state index in [4.69, 9.17) is 14.2 Å². The number of sulfone groups is 2. The number of fused-ring (bicyclic) bond motifs is 2. The van der Waals surface area contributed by atoms with Gasteiger partial charge in [-0.05, 0) is 107 Å². The van der Waals surface area contributed by atoms with Crippen molar-refractivity contribution in [1.82, 2.24) is 9.97 Å². The number of hydrogen-bond acceptors (Lipinski definition) is 11. The number of para-hydroxylation sites is 2. The molecule has 0 saturated heterocycles. The summed E-state index contributed by atoms with van der Waals surface area (Å²) in [6.07, 6.45) is 5.52. The van der Waals surface area contributed by atoms with E-state index >= 15 is 0 Å². The maximum Gasteiger partial charge on any atom is 0.340 e. The highest BCUT2D eigenvalue weighted by Gasteiger charge is 2.16. The fourth-order valence-corrected chi connectivity index (χ4v) is 7.88. The first-order valence-electron chi connectivity index (χ1n) is 18.4. The molecule has 2 aromatic heterocycles. The van der Waals surface area contributed by atoms with E-state index in [0.29, 0.717) is 45.0 Å². The number of aromatic carboxylic acids is 1. The zero-order valence-corrected chi connectivity index (χ0v) is 34.5. The van der Waals surface area contributed by atoms with Crippen molar-refractivity contribution in [3.8, 4) is 45.3 Å². The number of benzene rings is 6. The molecule has 0 saturated carbocycles. The molecule has 0 fully saturated rings. The average Bonchev–Trinajstić information content (AvgIpc) is 3.25. The second-order valence-electron chi connectivity index (χ2n) is 13.7. The van der Waals surface area contributed by atoms with Crippen molar-refractivity contribution in [2.45, 2.75) is 9.79 Å². The lowest BCUT2D eigenvalue weighted by Crippen LogP contribution is -2.03. The van der Waals surface area contributed by atoms with Gasteiger partial charge in [-0.3, -0.25) is 9.97 Å². The minimum Gasteiger partial charge on any atom is -0.478 e. The number of ether oxygens (including phenoxy) is 3. The molecule has 14 heteroatoms. The summed E-state index contributed by atoms with van der Waals surface area (Å²) in [6, 6.07) is 41.5. The monoisotopic (exact) mass is 852 g/mol. The lowest BCUT2D eigenvalue weighted by atomic mass is 9.99. The van der Waals surface area contributed by atoms with Gasteiger partial charge in [-0.2, -0.15) is 0 Å². The zero-order chi connectivity index (χ0) is 43.3. The van der Waals surface area contributed by atoms with Crippen molar-refractivity contribution < 1.29 is 45.7 Å². The SMILES string of the molecule is COC(=O)c1cccc2c(-c3cccc(Oc4cccc(S(C)(=O)=O)c4)c3)ccnc12.CS(=O)(=O)c1cccc(Oc2cccc(-c3ccnc4c(C(=O)O)cccc34)c2)c1. The largest absolute Gasteiger partial charge is 0.478 e. The van der Waals surface area contributed by atoms with Gasteiger partial charge in [0.15, 0.2) is 19.7 Å². The van der Waals surface area contributed by atoms with Gasteiger partial charge < -0.3 is 19.3 Å². The Morgan fingerprint density at radius 2 is 0.902 bits per heavy atom. The van der Waals surface area contributed by atoms with Gasteiger partial charge in [0, 0.05) is 35.7 Å². The van der Waals surface area contributed by atoms with Crippen LogP contribution in [0.2, 0.25) is 0 Å². The Hall–Kier alpha value is -7.42. The molecule has 0 spiro atoms. The van der Waals surface area contributed by atoms with Gasteiger partial charge in [0.1, 0.15) is 23.0 Å². The third-order valence-corrected chi connectivity index (χ3v) is 11.6. The third kappa shape index (κ3) is 9.57. The predicted molar refractivity (Wildman–Crippen MR) is 232 cm³/mol. The molecule has 8 rings (SSSR count). The summed E-state index contributed by atoms with van der Waals surface area (Å²) >= 11 is 0. The van der Waals surface area contributed by atoms with E-state index in [1.807, 2.05) is 60.7 Å². The molecular weight excluding hydrogens is 817 g/mol. The van der Waals surface area contributed by atoms with Crippen LogP contribution in [0.25, 0.3) is 44.1 Å². The second kappa shape index (κ2) is 17.4. The predicted octanol–water partition coefficient (Wildman–Crippen LogP) is 9.68. The number of aromatic nitrogens is 2. The van der Waals surface area contributed by atoms with Crippen molar-refractivity contribution >= 4 is 53.4 Å². The van der Waals surface area contributed by atoms with Crippen LogP contribution < -0.4 is 9.47 Å². The zero-order valence-electron chi connectivity index (χ0n) is 32.8. The Labute approximate surface area is 351 Å². The molecule has 306 valence electrons. The summed E-state index contributed by atoms with van der Waals surface area (Å²) in [5.41, 5.74) is 4.89. The van der Waals surface area contributed by atoms with Gasteiger partial charge in [-0.15, -0.1) is 0 Å². The summed E-state index contributed by atoms with van der Waals surface area (Å²) in [4.78, 5) is 32.6. The van der Waals surface area contributed by atoms with Gasteiger partial charge in [0.2, 0.25) is 0 Å². The van der Waals surface area contributed by atoms with Crippen LogP contribution in [0.5, 0.6) is 23.0 Å². The molecule has 61 heavy (non-hydrogen) atoms. The minimum atomic E-state index is -3.34. The molecule has 6 aromatic carbocycles. The van der Waals surface area contributed by atoms with Crippen molar-refractivity contribution in [1.29, 1.82) is 0 Å². The molecule has 0 aliphatic rings. The van der Waals surface area contributed by atoms with Gasteiger partial charge >= 0.3 is 11.9 Å². The number of esters is 1. The number of nitrogens with zero attached hydrogens (tertiary/aromatic N) is 2. The molecule has 1 N–H and O–H groups in total. The van der Waals surface area contributed by atoms with Crippen molar-refractivity contribution in [2.24, 2.45) is 0 Å². The number of pyridine rings is 2. The first-order chi connectivity index (χ1) is 29.2. The number of rotatable bonds is 10. The van der Waals surface area contributed by atoms with Crippen LogP contribution >= 0.6 is 0 Å². The Morgan fingerprint density at radius 1 is 0.508 bits per heavy atom. The normalized spacial score (nSPS) is 11.3. The highest BCUT2D eigenvalue weighted by molar-refractivity contribution is 7.91. The van der Waals surface area contributed by atoms with Crippen LogP contribution in [0, 0.1) is 0 Å². The van der Waals surface area contributed by atoms with E-state index in [9.17, 15) is 31.5 Å². The number of hydrogen-bond donors (Lipinski definition) is 1. The molecule has 12 nitrogen and oxygen atoms in total. The van der Waals surface area contributed by atoms with Crippen LogP contribution in [0.1, 0.15) is 20.7 Å². The van der Waals surface area contributed by atoms with Crippen LogP contribution in [-0.2, 0) is 24.4 Å². The van der Waals surface area contributed by atoms with E-state index in [0.717, 1.165) is 40.2 Å². The summed E-state index contributed by atoms with van der Waals surface area (Å²) in [7, 11) is -5.33. The van der Waals surface area contributed by atoms with E-state index < -0.39 is 31.6 Å². The van der Waals surface area contributed by atoms with Crippen molar-refractivity contribution in [3.63, 3.8) is 0 Å². The smallest absolute Gasteiger partial charge is 0.340 e. The van der Waals surface area contributed by atoms with E-state index in [1.165, 1.54) is 37.4 Å². The number of methoxy groups -OCH3 is 1. The topological polar surface area (TPSA) is 176 Å². The summed E-state index contributed by atoms with van der Waals surface area (Å²) in [5, 5.41) is 11.0. The van der Waals surface area contributed by atoms with Gasteiger partial charge in [0.05, 0.1) is 39.1 Å². The fourth-order valence-electron chi connectivity index (χ4n) is 6.57. The Balaban J connectivity index is 0.000000184. The first kappa shape index (κ1) is 41.7. The molecule has 0 bridgehead atoms. The van der Waals surface area contributed by atoms with Crippen LogP contribution in [-0.4, -0.2) is 63.5 Å². The summed E-state index contributed by atoms with van der Waals surface area (Å²) < 4.78 is 63.8. The molecule has 0 atom stereocenters. The van der Waals surface area contributed by atoms with Crippen LogP contribution in [0.15, 0.2) is 168 Å². The quantitative estimate of drug-likeness (QED) is 0.129. The van der Waals surface area contributed by atoms with E-state index in [2.05, 4.69) is 9.97 Å². The van der Waals surface area contributed by atoms with Crippen molar-refractivity contribution in [3.05, 3.63) is 169 Å². The standard InChI is InChI=1S/C24H19NO5S.C23H17NO5S/c1-29-24(26)22-11-5-10-21-20(12-13-25-23(21)22)16-6-3-7-17(14-16)30-18-8-4-9-19(15-18)31(2,27)28;1-30(27,28)18-8-3-7-17(14-18)29-16-6-2-5-15(13-16)19-11-12-24-22-20(19)9-4-10-21(22)23(25)26/h3-15H,1-2H3;2-14H,1H3,(H,25,26). The minimum absolute atomic E-state index is 0.138. The maximum atomic E-state index is 12.1. The Bertz CT molecular complexity index is 3210. The molecule has 0 radical (unpaired) electrons. The number of carbonyl (C=O) groups excluding carboxylic acids is 1. The van der Waals surface area contributed by atoms with Crippen LogP contribution in [0.4, 0.5) is 0 Å². The van der Waals surface area contributed by atoms with E-state index in [-0.39, 0.29) is 15.4 Å². The molecule has 0 amide bonds. The van der Waals surface area contributed by atoms with Gasteiger partial charge in [0.25, 0.3) is 0 Å². The van der Waals surface area contributed by atoms with Crippen LogP contribution in [0.3, 0.4) is 0 Å². The summed E-state index contributed by atoms with van der Waals surface area (Å²) in [6.45, 7) is 0. The Kier molecular flexibility index (Phi) is 11.9. The molecule has 0 aliphatic carbocycles. The van der Waals surface area contributed by atoms with E-state index in [1.54, 1.807) is 67.0 Å². The molecule has 8 aromatic rings. The number of carboxylic acids is 1. The highest BCUT2D eigenvalue weighted by Crippen LogP contribution is 2.35. The molecule has 2 heterocycles. The Morgan fingerprint density at radius 3 is 1.33 bits per heavy atom. The van der Waals surface area contributed by atoms with Gasteiger partial charge in [-0.1, -0.05) is 60.7 Å². The van der Waals surface area contributed by atoms with Gasteiger partial charge in [-0.25, -0.2) is 26.4 Å². The summed E-state index contributed by atoms with van der Waals surface area (Å²) in [5.74, 6) is 0.427. The molecule has 0 unspecified atom stereocenters.